The van der Waals surface area contributed by atoms with Crippen molar-refractivity contribution in [3.63, 3.8) is 0 Å². The first-order valence-corrected chi connectivity index (χ1v) is 6.52. The van der Waals surface area contributed by atoms with Crippen LogP contribution in [0.15, 0.2) is 18.7 Å². The van der Waals surface area contributed by atoms with E-state index in [9.17, 15) is 0 Å². The van der Waals surface area contributed by atoms with Gasteiger partial charge in [-0.05, 0) is 13.8 Å². The van der Waals surface area contributed by atoms with Gasteiger partial charge in [0.15, 0.2) is 0 Å². The maximum atomic E-state index is 5.47. The maximum absolute atomic E-state index is 5.47. The summed E-state index contributed by atoms with van der Waals surface area (Å²) in [4.78, 5) is 16.7. The van der Waals surface area contributed by atoms with Gasteiger partial charge in [-0.1, -0.05) is 0 Å². The number of ether oxygens (including phenoxy) is 2. The van der Waals surface area contributed by atoms with Crippen molar-refractivity contribution in [2.24, 2.45) is 0 Å². The predicted octanol–water partition coefficient (Wildman–Crippen LogP) is 0.904. The van der Waals surface area contributed by atoms with Crippen LogP contribution < -0.4 is 10.1 Å². The lowest BCUT2D eigenvalue weighted by molar-refractivity contribution is 0.106. The summed E-state index contributed by atoms with van der Waals surface area (Å²) in [6.45, 7) is 6.17. The molecule has 8 nitrogen and oxygen atoms in total. The Morgan fingerprint density at radius 3 is 2.80 bits per heavy atom. The molecule has 0 unspecified atom stereocenters. The molecule has 0 amide bonds. The van der Waals surface area contributed by atoms with Crippen molar-refractivity contribution >= 4 is 5.95 Å². The number of nitrogens with zero attached hydrogens (tertiary/aromatic N) is 5. The zero-order valence-corrected chi connectivity index (χ0v) is 11.6. The van der Waals surface area contributed by atoms with Crippen molar-refractivity contribution in [2.45, 2.75) is 13.8 Å². The molecule has 0 aromatic carbocycles. The van der Waals surface area contributed by atoms with Crippen LogP contribution in [-0.4, -0.2) is 50.9 Å². The SMILES string of the molecule is CCNc1nc(OCCOCC)nc(-n2ccnc2)n1. The summed E-state index contributed by atoms with van der Waals surface area (Å²) in [5.74, 6) is 0.928. The monoisotopic (exact) mass is 278 g/mol. The van der Waals surface area contributed by atoms with Crippen LogP contribution >= 0.6 is 0 Å². The van der Waals surface area contributed by atoms with Crippen LogP contribution in [0.1, 0.15) is 13.8 Å². The van der Waals surface area contributed by atoms with Crippen LogP contribution in [0, 0.1) is 0 Å². The minimum atomic E-state index is 0.263. The summed E-state index contributed by atoms with van der Waals surface area (Å²) in [5, 5.41) is 3.04. The molecule has 0 radical (unpaired) electrons. The summed E-state index contributed by atoms with van der Waals surface area (Å²) in [6, 6.07) is 0.263. The third-order valence-corrected chi connectivity index (χ3v) is 2.34. The van der Waals surface area contributed by atoms with Gasteiger partial charge in [0.05, 0.1) is 6.61 Å². The molecule has 8 heteroatoms. The fourth-order valence-corrected chi connectivity index (χ4v) is 1.48. The Morgan fingerprint density at radius 1 is 1.20 bits per heavy atom. The molecule has 0 aliphatic carbocycles. The topological polar surface area (TPSA) is 87.0 Å². The first-order valence-electron chi connectivity index (χ1n) is 6.52. The van der Waals surface area contributed by atoms with E-state index in [0.717, 1.165) is 0 Å². The average Bonchev–Trinajstić information content (AvgIpc) is 2.98. The fourth-order valence-electron chi connectivity index (χ4n) is 1.48. The Labute approximate surface area is 117 Å². The highest BCUT2D eigenvalue weighted by Gasteiger charge is 2.08. The molecule has 0 aliphatic rings. The maximum Gasteiger partial charge on any atom is 0.323 e. The van der Waals surface area contributed by atoms with Gasteiger partial charge < -0.3 is 14.8 Å². The third-order valence-electron chi connectivity index (χ3n) is 2.34. The lowest BCUT2D eigenvalue weighted by atomic mass is 10.7. The van der Waals surface area contributed by atoms with Gasteiger partial charge in [-0.3, -0.25) is 4.57 Å². The first-order chi connectivity index (χ1) is 9.83. The second-order valence-electron chi connectivity index (χ2n) is 3.79. The molecular weight excluding hydrogens is 260 g/mol. The quantitative estimate of drug-likeness (QED) is 0.718. The van der Waals surface area contributed by atoms with E-state index in [1.165, 1.54) is 0 Å². The van der Waals surface area contributed by atoms with E-state index in [4.69, 9.17) is 9.47 Å². The van der Waals surface area contributed by atoms with E-state index in [1.54, 1.807) is 23.3 Å². The van der Waals surface area contributed by atoms with Gasteiger partial charge in [-0.15, -0.1) is 0 Å². The smallest absolute Gasteiger partial charge is 0.323 e. The summed E-state index contributed by atoms with van der Waals surface area (Å²) >= 11 is 0. The molecule has 1 N–H and O–H groups in total. The van der Waals surface area contributed by atoms with Crippen LogP contribution in [0.2, 0.25) is 0 Å². The van der Waals surface area contributed by atoms with Gasteiger partial charge in [0.1, 0.15) is 12.9 Å². The molecule has 2 rings (SSSR count). The van der Waals surface area contributed by atoms with Crippen LogP contribution in [0.25, 0.3) is 5.95 Å². The lowest BCUT2D eigenvalue weighted by Crippen LogP contribution is -2.13. The highest BCUT2D eigenvalue weighted by atomic mass is 16.5. The van der Waals surface area contributed by atoms with Crippen molar-refractivity contribution in [1.29, 1.82) is 0 Å². The van der Waals surface area contributed by atoms with Crippen molar-refractivity contribution in [2.75, 3.05) is 31.7 Å². The number of anilines is 1. The molecule has 0 bridgehead atoms. The number of nitrogens with one attached hydrogen (secondary N) is 1. The number of rotatable bonds is 8. The van der Waals surface area contributed by atoms with E-state index in [0.29, 0.717) is 38.3 Å². The lowest BCUT2D eigenvalue weighted by Gasteiger charge is -2.09. The average molecular weight is 278 g/mol. The van der Waals surface area contributed by atoms with Gasteiger partial charge in [0.25, 0.3) is 0 Å². The molecule has 0 aliphatic heterocycles. The van der Waals surface area contributed by atoms with Gasteiger partial charge >= 0.3 is 6.01 Å². The van der Waals surface area contributed by atoms with Crippen LogP contribution in [-0.2, 0) is 4.74 Å². The first kappa shape index (κ1) is 14.2. The standard InChI is InChI=1S/C12H18N6O2/c1-3-14-10-15-11(18-6-5-13-9-18)17-12(16-10)20-8-7-19-4-2/h5-6,9H,3-4,7-8H2,1-2H3,(H,14,15,16,17). The second kappa shape index (κ2) is 7.39. The summed E-state index contributed by atoms with van der Waals surface area (Å²) in [6.07, 6.45) is 5.04. The zero-order chi connectivity index (χ0) is 14.2. The number of hydrogen-bond donors (Lipinski definition) is 1. The van der Waals surface area contributed by atoms with Crippen molar-refractivity contribution in [1.82, 2.24) is 24.5 Å². The van der Waals surface area contributed by atoms with E-state index in [2.05, 4.69) is 25.3 Å². The Morgan fingerprint density at radius 2 is 2.10 bits per heavy atom. The molecule has 0 fully saturated rings. The summed E-state index contributed by atoms with van der Waals surface area (Å²) in [7, 11) is 0. The molecule has 0 spiro atoms. The Bertz CT molecular complexity index is 517. The molecule has 2 aromatic rings. The summed E-state index contributed by atoms with van der Waals surface area (Å²) < 4.78 is 12.4. The van der Waals surface area contributed by atoms with Crippen molar-refractivity contribution in [3.05, 3.63) is 18.7 Å². The number of aromatic nitrogens is 5. The molecule has 0 saturated carbocycles. The highest BCUT2D eigenvalue weighted by molar-refractivity contribution is 5.30. The van der Waals surface area contributed by atoms with Crippen LogP contribution in [0.4, 0.5) is 5.95 Å². The van der Waals surface area contributed by atoms with Crippen LogP contribution in [0.5, 0.6) is 6.01 Å². The fraction of sp³-hybridized carbons (Fsp3) is 0.500. The minimum absolute atomic E-state index is 0.263. The van der Waals surface area contributed by atoms with E-state index < -0.39 is 0 Å². The zero-order valence-electron chi connectivity index (χ0n) is 11.6. The van der Waals surface area contributed by atoms with E-state index >= 15 is 0 Å². The molecule has 0 atom stereocenters. The van der Waals surface area contributed by atoms with Gasteiger partial charge in [-0.25, -0.2) is 4.98 Å². The van der Waals surface area contributed by atoms with Crippen LogP contribution in [0.3, 0.4) is 0 Å². The van der Waals surface area contributed by atoms with E-state index in [-0.39, 0.29) is 6.01 Å². The Balaban J connectivity index is 2.13. The molecule has 108 valence electrons. The number of imidazole rings is 1. The number of hydrogen-bond acceptors (Lipinski definition) is 7. The summed E-state index contributed by atoms with van der Waals surface area (Å²) in [5.41, 5.74) is 0. The molecular formula is C12H18N6O2. The van der Waals surface area contributed by atoms with Crippen molar-refractivity contribution in [3.8, 4) is 12.0 Å². The predicted molar refractivity (Wildman–Crippen MR) is 73.1 cm³/mol. The largest absolute Gasteiger partial charge is 0.461 e. The molecule has 20 heavy (non-hydrogen) atoms. The van der Waals surface area contributed by atoms with E-state index in [1.807, 2.05) is 13.8 Å². The third kappa shape index (κ3) is 3.89. The van der Waals surface area contributed by atoms with Gasteiger partial charge in [-0.2, -0.15) is 15.0 Å². The highest BCUT2D eigenvalue weighted by Crippen LogP contribution is 2.10. The Hall–Kier alpha value is -2.22. The molecule has 0 saturated heterocycles. The molecule has 2 heterocycles. The van der Waals surface area contributed by atoms with Gasteiger partial charge in [0, 0.05) is 25.5 Å². The minimum Gasteiger partial charge on any atom is -0.461 e. The molecule has 2 aromatic heterocycles. The Kier molecular flexibility index (Phi) is 5.24. The van der Waals surface area contributed by atoms with Crippen molar-refractivity contribution < 1.29 is 9.47 Å². The van der Waals surface area contributed by atoms with Gasteiger partial charge in [0.2, 0.25) is 11.9 Å². The normalized spacial score (nSPS) is 10.5. The second-order valence-corrected chi connectivity index (χ2v) is 3.79.